The van der Waals surface area contributed by atoms with Crippen LogP contribution in [0.4, 0.5) is 4.39 Å². The SMILES string of the molecule is Cc1cc(F)ccc1-n1[nH]c(=O)nc1C. The minimum Gasteiger partial charge on any atom is -0.244 e. The maximum absolute atomic E-state index is 12.9. The molecule has 1 N–H and O–H groups in total. The predicted molar refractivity (Wildman–Crippen MR) is 53.6 cm³/mol. The Morgan fingerprint density at radius 1 is 1.40 bits per heavy atom. The summed E-state index contributed by atoms with van der Waals surface area (Å²) in [6.07, 6.45) is 0. The first-order valence-corrected chi connectivity index (χ1v) is 4.50. The number of nitrogens with one attached hydrogen (secondary N) is 1. The molecule has 2 rings (SSSR count). The molecule has 2 aromatic rings. The van der Waals surface area contributed by atoms with Crippen molar-refractivity contribution in [2.45, 2.75) is 13.8 Å². The Hall–Kier alpha value is -1.91. The van der Waals surface area contributed by atoms with E-state index < -0.39 is 5.69 Å². The summed E-state index contributed by atoms with van der Waals surface area (Å²) in [5, 5.41) is 2.55. The standard InChI is InChI=1S/C10H10FN3O/c1-6-5-8(11)3-4-9(6)14-7(2)12-10(15)13-14/h3-5H,1-2H3,(H,13,15). The van der Waals surface area contributed by atoms with E-state index >= 15 is 0 Å². The van der Waals surface area contributed by atoms with Crippen molar-refractivity contribution in [3.63, 3.8) is 0 Å². The normalized spacial score (nSPS) is 10.6. The van der Waals surface area contributed by atoms with Crippen LogP contribution in [-0.2, 0) is 0 Å². The minimum absolute atomic E-state index is 0.295. The van der Waals surface area contributed by atoms with Gasteiger partial charge in [-0.3, -0.25) is 0 Å². The van der Waals surface area contributed by atoms with Gasteiger partial charge in [0.05, 0.1) is 5.69 Å². The molecule has 78 valence electrons. The molecule has 0 atom stereocenters. The van der Waals surface area contributed by atoms with E-state index in [1.807, 2.05) is 0 Å². The average molecular weight is 207 g/mol. The number of hydrogen-bond donors (Lipinski definition) is 1. The summed E-state index contributed by atoms with van der Waals surface area (Å²) in [4.78, 5) is 14.7. The number of H-pyrrole nitrogens is 1. The highest BCUT2D eigenvalue weighted by atomic mass is 19.1. The first-order chi connectivity index (χ1) is 7.08. The quantitative estimate of drug-likeness (QED) is 0.766. The third-order valence-electron chi connectivity index (χ3n) is 2.19. The monoisotopic (exact) mass is 207 g/mol. The molecule has 1 aromatic heterocycles. The van der Waals surface area contributed by atoms with E-state index in [-0.39, 0.29) is 5.82 Å². The Labute approximate surface area is 85.4 Å². The van der Waals surface area contributed by atoms with Crippen molar-refractivity contribution in [1.29, 1.82) is 0 Å². The fourth-order valence-corrected chi connectivity index (χ4v) is 1.50. The van der Waals surface area contributed by atoms with Gasteiger partial charge >= 0.3 is 5.69 Å². The van der Waals surface area contributed by atoms with E-state index in [4.69, 9.17) is 0 Å². The largest absolute Gasteiger partial charge is 0.361 e. The third kappa shape index (κ3) is 1.68. The lowest BCUT2D eigenvalue weighted by molar-refractivity contribution is 0.625. The molecule has 0 spiro atoms. The first-order valence-electron chi connectivity index (χ1n) is 4.50. The van der Waals surface area contributed by atoms with Gasteiger partial charge in [-0.1, -0.05) is 0 Å². The highest BCUT2D eigenvalue weighted by Crippen LogP contribution is 2.14. The molecule has 0 saturated carbocycles. The van der Waals surface area contributed by atoms with E-state index in [0.717, 1.165) is 11.3 Å². The third-order valence-corrected chi connectivity index (χ3v) is 2.19. The summed E-state index contributed by atoms with van der Waals surface area (Å²) in [7, 11) is 0. The van der Waals surface area contributed by atoms with Gasteiger partial charge in [-0.05, 0) is 37.6 Å². The molecule has 1 heterocycles. The molecule has 5 heteroatoms. The minimum atomic E-state index is -0.406. The molecular formula is C10H10FN3O. The summed E-state index contributed by atoms with van der Waals surface area (Å²) >= 11 is 0. The molecule has 15 heavy (non-hydrogen) atoms. The number of aryl methyl sites for hydroxylation is 2. The molecule has 0 radical (unpaired) electrons. The number of halogens is 1. The van der Waals surface area contributed by atoms with Crippen LogP contribution >= 0.6 is 0 Å². The van der Waals surface area contributed by atoms with Crippen molar-refractivity contribution in [3.8, 4) is 5.69 Å². The second-order valence-corrected chi connectivity index (χ2v) is 3.34. The number of aromatic amines is 1. The molecule has 0 unspecified atom stereocenters. The summed E-state index contributed by atoms with van der Waals surface area (Å²) in [6.45, 7) is 3.48. The van der Waals surface area contributed by atoms with Gasteiger partial charge in [0, 0.05) is 0 Å². The lowest BCUT2D eigenvalue weighted by Crippen LogP contribution is -2.06. The maximum atomic E-state index is 12.9. The van der Waals surface area contributed by atoms with Gasteiger partial charge in [0.15, 0.2) is 0 Å². The van der Waals surface area contributed by atoms with Crippen LogP contribution in [0.2, 0.25) is 0 Å². The Morgan fingerprint density at radius 3 is 2.67 bits per heavy atom. The maximum Gasteiger partial charge on any atom is 0.361 e. The summed E-state index contributed by atoms with van der Waals surface area (Å²) in [6, 6.07) is 4.36. The lowest BCUT2D eigenvalue weighted by atomic mass is 10.2. The van der Waals surface area contributed by atoms with Crippen molar-refractivity contribution in [2.75, 3.05) is 0 Å². The van der Waals surface area contributed by atoms with Gasteiger partial charge in [0.25, 0.3) is 0 Å². The van der Waals surface area contributed by atoms with E-state index in [1.54, 1.807) is 19.9 Å². The van der Waals surface area contributed by atoms with E-state index in [9.17, 15) is 9.18 Å². The van der Waals surface area contributed by atoms with Gasteiger partial charge in [0.2, 0.25) is 0 Å². The number of hydrogen-bond acceptors (Lipinski definition) is 2. The Bertz CT molecular complexity index is 556. The van der Waals surface area contributed by atoms with Crippen LogP contribution in [0.15, 0.2) is 23.0 Å². The first kappa shape index (κ1) is 9.64. The topological polar surface area (TPSA) is 50.7 Å². The highest BCUT2D eigenvalue weighted by molar-refractivity contribution is 5.39. The van der Waals surface area contributed by atoms with Gasteiger partial charge in [-0.2, -0.15) is 4.98 Å². The zero-order valence-electron chi connectivity index (χ0n) is 8.41. The molecule has 0 saturated heterocycles. The van der Waals surface area contributed by atoms with Crippen molar-refractivity contribution in [1.82, 2.24) is 14.8 Å². The van der Waals surface area contributed by atoms with Crippen LogP contribution in [0, 0.1) is 19.7 Å². The van der Waals surface area contributed by atoms with Crippen molar-refractivity contribution in [3.05, 3.63) is 45.9 Å². The Balaban J connectivity index is 2.64. The Kier molecular flexibility index (Phi) is 2.15. The highest BCUT2D eigenvalue weighted by Gasteiger charge is 2.06. The zero-order chi connectivity index (χ0) is 11.0. The summed E-state index contributed by atoms with van der Waals surface area (Å²) in [5.41, 5.74) is 1.06. The van der Waals surface area contributed by atoms with Gasteiger partial charge in [-0.25, -0.2) is 19.0 Å². The van der Waals surface area contributed by atoms with Crippen molar-refractivity contribution < 1.29 is 4.39 Å². The lowest BCUT2D eigenvalue weighted by Gasteiger charge is -2.07. The smallest absolute Gasteiger partial charge is 0.244 e. The average Bonchev–Trinajstić information content (AvgIpc) is 2.45. The molecule has 4 nitrogen and oxygen atoms in total. The van der Waals surface area contributed by atoms with Crippen LogP contribution < -0.4 is 5.69 Å². The van der Waals surface area contributed by atoms with Gasteiger partial charge < -0.3 is 0 Å². The second kappa shape index (κ2) is 3.34. The molecule has 0 aliphatic heterocycles. The second-order valence-electron chi connectivity index (χ2n) is 3.34. The molecule has 0 aliphatic rings. The molecular weight excluding hydrogens is 197 g/mol. The number of rotatable bonds is 1. The van der Waals surface area contributed by atoms with Crippen LogP contribution in [0.1, 0.15) is 11.4 Å². The number of nitrogens with zero attached hydrogens (tertiary/aromatic N) is 2. The molecule has 0 aliphatic carbocycles. The van der Waals surface area contributed by atoms with Crippen molar-refractivity contribution >= 4 is 0 Å². The van der Waals surface area contributed by atoms with Gasteiger partial charge in [0.1, 0.15) is 11.6 Å². The van der Waals surface area contributed by atoms with E-state index in [1.165, 1.54) is 16.8 Å². The predicted octanol–water partition coefficient (Wildman–Crippen LogP) is 1.32. The van der Waals surface area contributed by atoms with Crippen molar-refractivity contribution in [2.24, 2.45) is 0 Å². The number of benzene rings is 1. The van der Waals surface area contributed by atoms with Crippen LogP contribution in [0.25, 0.3) is 5.69 Å². The summed E-state index contributed by atoms with van der Waals surface area (Å²) in [5.74, 6) is 0.256. The fraction of sp³-hybridized carbons (Fsp3) is 0.200. The molecule has 0 amide bonds. The van der Waals surface area contributed by atoms with Crippen LogP contribution in [0.3, 0.4) is 0 Å². The molecule has 1 aromatic carbocycles. The number of aromatic nitrogens is 3. The van der Waals surface area contributed by atoms with E-state index in [0.29, 0.717) is 5.82 Å². The van der Waals surface area contributed by atoms with Crippen LogP contribution in [0.5, 0.6) is 0 Å². The Morgan fingerprint density at radius 2 is 2.13 bits per heavy atom. The fourth-order valence-electron chi connectivity index (χ4n) is 1.50. The molecule has 0 bridgehead atoms. The zero-order valence-corrected chi connectivity index (χ0v) is 8.41. The summed E-state index contributed by atoms with van der Waals surface area (Å²) < 4.78 is 14.4. The van der Waals surface area contributed by atoms with Crippen LogP contribution in [-0.4, -0.2) is 14.8 Å². The molecule has 0 fully saturated rings. The van der Waals surface area contributed by atoms with Gasteiger partial charge in [-0.15, -0.1) is 0 Å². The van der Waals surface area contributed by atoms with E-state index in [2.05, 4.69) is 10.1 Å².